The maximum Gasteiger partial charge on any atom is 0.321 e. The van der Waals surface area contributed by atoms with Gasteiger partial charge in [-0.3, -0.25) is 14.7 Å². The first-order chi connectivity index (χ1) is 15.0. The van der Waals surface area contributed by atoms with E-state index in [1.807, 2.05) is 47.9 Å². The van der Waals surface area contributed by atoms with Crippen molar-refractivity contribution in [2.45, 2.75) is 38.8 Å². The Morgan fingerprint density at radius 2 is 1.81 bits per heavy atom. The molecule has 3 amide bonds. The van der Waals surface area contributed by atoms with E-state index < -0.39 is 6.03 Å². The molecule has 31 heavy (non-hydrogen) atoms. The number of urea groups is 1. The van der Waals surface area contributed by atoms with Gasteiger partial charge in [-0.05, 0) is 43.5 Å². The average Bonchev–Trinajstić information content (AvgIpc) is 3.19. The van der Waals surface area contributed by atoms with Crippen molar-refractivity contribution in [3.05, 3.63) is 59.7 Å². The summed E-state index contributed by atoms with van der Waals surface area (Å²) in [6.45, 7) is 6.71. The smallest absolute Gasteiger partial charge is 0.321 e. The number of aryl methyl sites for hydroxylation is 2. The summed E-state index contributed by atoms with van der Waals surface area (Å²) in [5.41, 5.74) is 4.20. The number of benzene rings is 2. The molecule has 0 spiro atoms. The van der Waals surface area contributed by atoms with E-state index in [1.165, 1.54) is 17.3 Å². The minimum absolute atomic E-state index is 0.0545. The molecular formula is C23H27N5O2S. The SMILES string of the molecule is CCCCNC(=O)NC(=O)CSc1nnc(-c2ccccc2)n1-c1ccc(C)c(C)c1. The van der Waals surface area contributed by atoms with Gasteiger partial charge in [0.15, 0.2) is 11.0 Å². The van der Waals surface area contributed by atoms with Crippen LogP contribution in [0, 0.1) is 13.8 Å². The van der Waals surface area contributed by atoms with Crippen LogP contribution in [-0.2, 0) is 4.79 Å². The monoisotopic (exact) mass is 437 g/mol. The van der Waals surface area contributed by atoms with Gasteiger partial charge in [0.05, 0.1) is 11.4 Å². The van der Waals surface area contributed by atoms with Gasteiger partial charge in [0.2, 0.25) is 5.91 Å². The second kappa shape index (κ2) is 10.8. The standard InChI is InChI=1S/C23H27N5O2S/c1-4-5-13-24-22(30)25-20(29)15-31-23-27-26-21(18-9-7-6-8-10-18)28(23)19-12-11-16(2)17(3)14-19/h6-12,14H,4-5,13,15H2,1-3H3,(H2,24,25,29,30). The van der Waals surface area contributed by atoms with Crippen molar-refractivity contribution >= 4 is 23.7 Å². The summed E-state index contributed by atoms with van der Waals surface area (Å²) in [7, 11) is 0. The van der Waals surface area contributed by atoms with Crippen LogP contribution < -0.4 is 10.6 Å². The molecule has 0 radical (unpaired) electrons. The third-order valence-corrected chi connectivity index (χ3v) is 5.74. The van der Waals surface area contributed by atoms with Crippen molar-refractivity contribution < 1.29 is 9.59 Å². The van der Waals surface area contributed by atoms with E-state index in [0.29, 0.717) is 17.5 Å². The maximum atomic E-state index is 12.2. The molecule has 1 heterocycles. The first-order valence-electron chi connectivity index (χ1n) is 10.3. The lowest BCUT2D eigenvalue weighted by Gasteiger charge is -2.12. The Kier molecular flexibility index (Phi) is 7.83. The zero-order valence-electron chi connectivity index (χ0n) is 18.0. The third-order valence-electron chi connectivity index (χ3n) is 4.82. The number of rotatable bonds is 8. The highest BCUT2D eigenvalue weighted by Crippen LogP contribution is 2.28. The van der Waals surface area contributed by atoms with Gasteiger partial charge in [-0.25, -0.2) is 4.79 Å². The number of amides is 3. The van der Waals surface area contributed by atoms with Crippen LogP contribution in [0.25, 0.3) is 17.1 Å². The number of hydrogen-bond acceptors (Lipinski definition) is 5. The zero-order chi connectivity index (χ0) is 22.2. The first-order valence-corrected chi connectivity index (χ1v) is 11.3. The molecule has 0 bridgehead atoms. The number of aromatic nitrogens is 3. The Labute approximate surface area is 186 Å². The highest BCUT2D eigenvalue weighted by molar-refractivity contribution is 7.99. The van der Waals surface area contributed by atoms with E-state index in [9.17, 15) is 9.59 Å². The predicted molar refractivity (Wildman–Crippen MR) is 123 cm³/mol. The van der Waals surface area contributed by atoms with Gasteiger partial charge in [0.25, 0.3) is 0 Å². The normalized spacial score (nSPS) is 10.7. The Balaban J connectivity index is 1.80. The van der Waals surface area contributed by atoms with Gasteiger partial charge in [0, 0.05) is 12.1 Å². The molecule has 3 rings (SSSR count). The molecule has 0 aliphatic carbocycles. The Hall–Kier alpha value is -3.13. The van der Waals surface area contributed by atoms with Crippen molar-refractivity contribution in [1.82, 2.24) is 25.4 Å². The molecule has 0 aliphatic heterocycles. The van der Waals surface area contributed by atoms with Crippen molar-refractivity contribution in [1.29, 1.82) is 0 Å². The molecule has 162 valence electrons. The average molecular weight is 438 g/mol. The summed E-state index contributed by atoms with van der Waals surface area (Å²) in [6, 6.07) is 15.5. The summed E-state index contributed by atoms with van der Waals surface area (Å²) >= 11 is 1.24. The lowest BCUT2D eigenvalue weighted by molar-refractivity contribution is -0.117. The molecule has 0 aliphatic rings. The molecule has 0 atom stereocenters. The number of carbonyl (C=O) groups excluding carboxylic acids is 2. The Morgan fingerprint density at radius 1 is 1.03 bits per heavy atom. The molecule has 0 unspecified atom stereocenters. The minimum Gasteiger partial charge on any atom is -0.338 e. The van der Waals surface area contributed by atoms with E-state index in [2.05, 4.69) is 46.8 Å². The van der Waals surface area contributed by atoms with E-state index in [0.717, 1.165) is 29.7 Å². The molecule has 2 aromatic carbocycles. The molecule has 0 saturated carbocycles. The molecule has 7 nitrogen and oxygen atoms in total. The molecule has 3 aromatic rings. The molecule has 1 aromatic heterocycles. The van der Waals surface area contributed by atoms with Crippen LogP contribution >= 0.6 is 11.8 Å². The molecule has 8 heteroatoms. The van der Waals surface area contributed by atoms with Crippen molar-refractivity contribution in [3.63, 3.8) is 0 Å². The number of carbonyl (C=O) groups is 2. The highest BCUT2D eigenvalue weighted by atomic mass is 32.2. The number of thioether (sulfide) groups is 1. The van der Waals surface area contributed by atoms with E-state index >= 15 is 0 Å². The van der Waals surface area contributed by atoms with Gasteiger partial charge in [-0.15, -0.1) is 10.2 Å². The quantitative estimate of drug-likeness (QED) is 0.406. The van der Waals surface area contributed by atoms with Crippen molar-refractivity contribution in [3.8, 4) is 17.1 Å². The summed E-state index contributed by atoms with van der Waals surface area (Å²) in [5, 5.41) is 14.3. The second-order valence-electron chi connectivity index (χ2n) is 7.22. The van der Waals surface area contributed by atoms with Crippen LogP contribution in [0.4, 0.5) is 4.79 Å². The number of hydrogen-bond donors (Lipinski definition) is 2. The number of imide groups is 1. The lowest BCUT2D eigenvalue weighted by Crippen LogP contribution is -2.40. The highest BCUT2D eigenvalue weighted by Gasteiger charge is 2.18. The van der Waals surface area contributed by atoms with Crippen LogP contribution in [0.3, 0.4) is 0 Å². The van der Waals surface area contributed by atoms with Gasteiger partial charge < -0.3 is 5.32 Å². The number of unbranched alkanes of at least 4 members (excludes halogenated alkanes) is 1. The van der Waals surface area contributed by atoms with Crippen molar-refractivity contribution in [2.24, 2.45) is 0 Å². The lowest BCUT2D eigenvalue weighted by atomic mass is 10.1. The van der Waals surface area contributed by atoms with Crippen LogP contribution in [0.5, 0.6) is 0 Å². The Bertz CT molecular complexity index is 1050. The summed E-state index contributed by atoms with van der Waals surface area (Å²) in [6.07, 6.45) is 1.85. The van der Waals surface area contributed by atoms with E-state index in [-0.39, 0.29) is 11.7 Å². The fourth-order valence-corrected chi connectivity index (χ4v) is 3.70. The summed E-state index contributed by atoms with van der Waals surface area (Å²) in [4.78, 5) is 24.0. The van der Waals surface area contributed by atoms with Crippen molar-refractivity contribution in [2.75, 3.05) is 12.3 Å². The van der Waals surface area contributed by atoms with Crippen LogP contribution in [0.1, 0.15) is 30.9 Å². The molecule has 0 saturated heterocycles. The van der Waals surface area contributed by atoms with Gasteiger partial charge >= 0.3 is 6.03 Å². The maximum absolute atomic E-state index is 12.2. The van der Waals surface area contributed by atoms with Gasteiger partial charge in [0.1, 0.15) is 0 Å². The van der Waals surface area contributed by atoms with Crippen LogP contribution in [0.2, 0.25) is 0 Å². The summed E-state index contributed by atoms with van der Waals surface area (Å²) < 4.78 is 1.95. The largest absolute Gasteiger partial charge is 0.338 e. The Morgan fingerprint density at radius 3 is 2.52 bits per heavy atom. The molecule has 0 fully saturated rings. The number of nitrogens with zero attached hydrogens (tertiary/aromatic N) is 3. The fourth-order valence-electron chi connectivity index (χ4n) is 2.95. The fraction of sp³-hybridized carbons (Fsp3) is 0.304. The van der Waals surface area contributed by atoms with Gasteiger partial charge in [-0.1, -0.05) is 61.5 Å². The number of nitrogens with one attached hydrogen (secondary N) is 2. The molecular weight excluding hydrogens is 410 g/mol. The second-order valence-corrected chi connectivity index (χ2v) is 8.16. The van der Waals surface area contributed by atoms with Gasteiger partial charge in [-0.2, -0.15) is 0 Å². The minimum atomic E-state index is -0.473. The third kappa shape index (κ3) is 5.95. The van der Waals surface area contributed by atoms with E-state index in [4.69, 9.17) is 0 Å². The predicted octanol–water partition coefficient (Wildman–Crippen LogP) is 4.27. The molecule has 2 N–H and O–H groups in total. The summed E-state index contributed by atoms with van der Waals surface area (Å²) in [5.74, 6) is 0.373. The van der Waals surface area contributed by atoms with E-state index in [1.54, 1.807) is 0 Å². The first kappa shape index (κ1) is 22.6. The van der Waals surface area contributed by atoms with Crippen LogP contribution in [0.15, 0.2) is 53.7 Å². The topological polar surface area (TPSA) is 88.9 Å². The van der Waals surface area contributed by atoms with Crippen LogP contribution in [-0.4, -0.2) is 39.0 Å². The zero-order valence-corrected chi connectivity index (χ0v) is 18.8.